The fraction of sp³-hybridized carbons (Fsp3) is 0.250. The molecule has 0 radical (unpaired) electrons. The van der Waals surface area contributed by atoms with Gasteiger partial charge in [0.25, 0.3) is 5.91 Å². The van der Waals surface area contributed by atoms with Gasteiger partial charge < -0.3 is 19.1 Å². The number of hydrogen-bond acceptors (Lipinski definition) is 7. The van der Waals surface area contributed by atoms with Crippen molar-refractivity contribution < 1.29 is 23.8 Å². The van der Waals surface area contributed by atoms with Gasteiger partial charge in [-0.15, -0.1) is 11.8 Å². The summed E-state index contributed by atoms with van der Waals surface area (Å²) < 4.78 is 15.9. The number of carbonyl (C=O) groups excluding carboxylic acids is 2. The highest BCUT2D eigenvalue weighted by atomic mass is 32.2. The van der Waals surface area contributed by atoms with Gasteiger partial charge in [-0.25, -0.2) is 5.43 Å². The van der Waals surface area contributed by atoms with Crippen LogP contribution in [-0.4, -0.2) is 51.7 Å². The van der Waals surface area contributed by atoms with Crippen molar-refractivity contribution in [2.75, 3.05) is 38.5 Å². The van der Waals surface area contributed by atoms with E-state index < -0.39 is 5.91 Å². The van der Waals surface area contributed by atoms with Crippen molar-refractivity contribution >= 4 is 35.5 Å². The molecule has 0 atom stereocenters. The molecule has 0 spiro atoms. The molecule has 152 valence electrons. The highest BCUT2D eigenvalue weighted by molar-refractivity contribution is 8.00. The van der Waals surface area contributed by atoms with Crippen LogP contribution in [-0.2, 0) is 9.59 Å². The van der Waals surface area contributed by atoms with Gasteiger partial charge in [-0.05, 0) is 24.3 Å². The minimum Gasteiger partial charge on any atom is -0.493 e. The number of anilines is 1. The summed E-state index contributed by atoms with van der Waals surface area (Å²) in [5, 5.41) is 3.97. The third kappa shape index (κ3) is 4.62. The van der Waals surface area contributed by atoms with Crippen LogP contribution in [0, 0.1) is 0 Å². The van der Waals surface area contributed by atoms with Crippen LogP contribution in [0.2, 0.25) is 0 Å². The first kappa shape index (κ1) is 20.5. The van der Waals surface area contributed by atoms with Crippen molar-refractivity contribution in [2.24, 2.45) is 5.10 Å². The van der Waals surface area contributed by atoms with E-state index in [9.17, 15) is 9.59 Å². The number of fused-ring (bicyclic) bond motifs is 1. The van der Waals surface area contributed by atoms with Gasteiger partial charge in [0.05, 0.1) is 39.0 Å². The molecular weight excluding hydrogens is 394 g/mol. The Hall–Kier alpha value is -3.20. The highest BCUT2D eigenvalue weighted by Crippen LogP contribution is 2.38. The van der Waals surface area contributed by atoms with E-state index in [-0.39, 0.29) is 12.5 Å². The van der Waals surface area contributed by atoms with Crippen LogP contribution in [0.3, 0.4) is 0 Å². The summed E-state index contributed by atoms with van der Waals surface area (Å²) in [6.07, 6.45) is 1.46. The molecule has 0 saturated heterocycles. The number of amides is 2. The SMILES string of the molecule is COc1cc(/C=N\NC(=O)CN2C(=O)CSc3ccccc32)cc(OC)c1OC. The van der Waals surface area contributed by atoms with Gasteiger partial charge in [0.2, 0.25) is 11.7 Å². The first-order chi connectivity index (χ1) is 14.1. The lowest BCUT2D eigenvalue weighted by atomic mass is 10.2. The molecule has 0 aromatic heterocycles. The molecule has 0 fully saturated rings. The first-order valence-corrected chi connectivity index (χ1v) is 9.70. The second-order valence-electron chi connectivity index (χ2n) is 5.99. The average molecular weight is 415 g/mol. The Morgan fingerprint density at radius 2 is 1.86 bits per heavy atom. The maximum absolute atomic E-state index is 12.3. The van der Waals surface area contributed by atoms with Crippen LogP contribution in [0.1, 0.15) is 5.56 Å². The van der Waals surface area contributed by atoms with Gasteiger partial charge in [0.15, 0.2) is 11.5 Å². The lowest BCUT2D eigenvalue weighted by Crippen LogP contribution is -2.42. The van der Waals surface area contributed by atoms with E-state index in [0.29, 0.717) is 28.6 Å². The van der Waals surface area contributed by atoms with E-state index >= 15 is 0 Å². The lowest BCUT2D eigenvalue weighted by molar-refractivity contribution is -0.122. The summed E-state index contributed by atoms with van der Waals surface area (Å²) >= 11 is 1.47. The van der Waals surface area contributed by atoms with E-state index in [2.05, 4.69) is 10.5 Å². The molecule has 1 aliphatic heterocycles. The van der Waals surface area contributed by atoms with Crippen LogP contribution in [0.25, 0.3) is 0 Å². The topological polar surface area (TPSA) is 89.5 Å². The number of benzene rings is 2. The van der Waals surface area contributed by atoms with Crippen molar-refractivity contribution in [3.8, 4) is 17.2 Å². The average Bonchev–Trinajstić information content (AvgIpc) is 2.75. The molecule has 1 aliphatic rings. The zero-order valence-electron chi connectivity index (χ0n) is 16.3. The Balaban J connectivity index is 1.68. The lowest BCUT2D eigenvalue weighted by Gasteiger charge is -2.27. The predicted molar refractivity (Wildman–Crippen MR) is 111 cm³/mol. The molecule has 0 aliphatic carbocycles. The number of hydrazone groups is 1. The third-order valence-corrected chi connectivity index (χ3v) is 5.25. The van der Waals surface area contributed by atoms with E-state index in [1.165, 1.54) is 44.2 Å². The van der Waals surface area contributed by atoms with E-state index in [0.717, 1.165) is 10.6 Å². The van der Waals surface area contributed by atoms with Crippen LogP contribution in [0.5, 0.6) is 17.2 Å². The molecule has 0 bridgehead atoms. The van der Waals surface area contributed by atoms with Gasteiger partial charge in [0, 0.05) is 10.5 Å². The summed E-state index contributed by atoms with van der Waals surface area (Å²) in [5.74, 6) is 1.22. The number of methoxy groups -OCH3 is 3. The molecule has 1 N–H and O–H groups in total. The minimum absolute atomic E-state index is 0.108. The minimum atomic E-state index is -0.399. The standard InChI is InChI=1S/C20H21N3O5S/c1-26-15-8-13(9-16(27-2)20(15)28-3)10-21-22-18(24)11-23-14-6-4-5-7-17(14)29-12-19(23)25/h4-10H,11-12H2,1-3H3,(H,22,24)/b21-10-. The molecule has 3 rings (SSSR count). The second-order valence-corrected chi connectivity index (χ2v) is 7.01. The van der Waals surface area contributed by atoms with Gasteiger partial charge in [-0.3, -0.25) is 9.59 Å². The largest absolute Gasteiger partial charge is 0.493 e. The number of rotatable bonds is 7. The third-order valence-electron chi connectivity index (χ3n) is 4.20. The maximum atomic E-state index is 12.3. The molecule has 29 heavy (non-hydrogen) atoms. The Labute approximate surface area is 172 Å². The Morgan fingerprint density at radius 1 is 1.17 bits per heavy atom. The summed E-state index contributed by atoms with van der Waals surface area (Å²) in [6.45, 7) is -0.108. The van der Waals surface area contributed by atoms with Gasteiger partial charge in [-0.2, -0.15) is 5.10 Å². The van der Waals surface area contributed by atoms with Crippen LogP contribution < -0.4 is 24.5 Å². The first-order valence-electron chi connectivity index (χ1n) is 8.71. The maximum Gasteiger partial charge on any atom is 0.260 e. The summed E-state index contributed by atoms with van der Waals surface area (Å²) in [6, 6.07) is 10.9. The monoisotopic (exact) mass is 415 g/mol. The fourth-order valence-corrected chi connectivity index (χ4v) is 3.80. The molecule has 9 heteroatoms. The number of para-hydroxylation sites is 1. The van der Waals surface area contributed by atoms with Crippen molar-refractivity contribution in [1.29, 1.82) is 0 Å². The Kier molecular flexibility index (Phi) is 6.61. The van der Waals surface area contributed by atoms with Crippen LogP contribution >= 0.6 is 11.8 Å². The number of hydrogen-bond donors (Lipinski definition) is 1. The zero-order chi connectivity index (χ0) is 20.8. The second kappa shape index (κ2) is 9.33. The van der Waals surface area contributed by atoms with Crippen molar-refractivity contribution in [3.63, 3.8) is 0 Å². The molecule has 2 aromatic carbocycles. The number of nitrogens with one attached hydrogen (secondary N) is 1. The normalized spacial score (nSPS) is 13.2. The molecule has 2 amide bonds. The predicted octanol–water partition coefficient (Wildman–Crippen LogP) is 2.30. The zero-order valence-corrected chi connectivity index (χ0v) is 17.1. The summed E-state index contributed by atoms with van der Waals surface area (Å²) in [4.78, 5) is 27.0. The molecule has 2 aromatic rings. The quantitative estimate of drug-likeness (QED) is 0.551. The highest BCUT2D eigenvalue weighted by Gasteiger charge is 2.26. The van der Waals surface area contributed by atoms with Gasteiger partial charge in [-0.1, -0.05) is 12.1 Å². The Bertz CT molecular complexity index is 922. The van der Waals surface area contributed by atoms with Crippen LogP contribution in [0.4, 0.5) is 5.69 Å². The Morgan fingerprint density at radius 3 is 2.52 bits per heavy atom. The van der Waals surface area contributed by atoms with Crippen molar-refractivity contribution in [2.45, 2.75) is 4.90 Å². The number of nitrogens with zero attached hydrogens (tertiary/aromatic N) is 2. The summed E-state index contributed by atoms with van der Waals surface area (Å²) in [5.41, 5.74) is 3.83. The van der Waals surface area contributed by atoms with Gasteiger partial charge in [0.1, 0.15) is 6.54 Å². The van der Waals surface area contributed by atoms with E-state index in [1.54, 1.807) is 12.1 Å². The van der Waals surface area contributed by atoms with E-state index in [1.807, 2.05) is 24.3 Å². The molecular formula is C20H21N3O5S. The number of thioether (sulfide) groups is 1. The van der Waals surface area contributed by atoms with Gasteiger partial charge >= 0.3 is 0 Å². The molecule has 8 nitrogen and oxygen atoms in total. The van der Waals surface area contributed by atoms with Crippen LogP contribution in [0.15, 0.2) is 46.4 Å². The number of ether oxygens (including phenoxy) is 3. The molecule has 0 saturated carbocycles. The summed E-state index contributed by atoms with van der Waals surface area (Å²) in [7, 11) is 4.56. The smallest absolute Gasteiger partial charge is 0.260 e. The van der Waals surface area contributed by atoms with Crippen molar-refractivity contribution in [1.82, 2.24) is 5.43 Å². The molecule has 1 heterocycles. The number of carbonyl (C=O) groups is 2. The molecule has 0 unspecified atom stereocenters. The van der Waals surface area contributed by atoms with E-state index in [4.69, 9.17) is 14.2 Å². The van der Waals surface area contributed by atoms with Crippen molar-refractivity contribution in [3.05, 3.63) is 42.0 Å². The fourth-order valence-electron chi connectivity index (χ4n) is 2.86.